The number of methoxy groups -OCH3 is 1. The number of pyridine rings is 1. The number of aromatic nitrogens is 1. The molecule has 122 valence electrons. The van der Waals surface area contributed by atoms with Crippen LogP contribution in [-0.2, 0) is 4.79 Å². The predicted octanol–water partition coefficient (Wildman–Crippen LogP) is 3.71. The zero-order valence-corrected chi connectivity index (χ0v) is 13.1. The monoisotopic (exact) mass is 326 g/mol. The Kier molecular flexibility index (Phi) is 4.04. The Morgan fingerprint density at radius 3 is 2.71 bits per heavy atom. The van der Waals surface area contributed by atoms with Crippen LogP contribution in [0.25, 0.3) is 22.0 Å². The molecule has 0 unspecified atom stereocenters. The van der Waals surface area contributed by atoms with Gasteiger partial charge in [0.05, 0.1) is 12.8 Å². The molecule has 2 N–H and O–H groups in total. The maximum absolute atomic E-state index is 13.6. The van der Waals surface area contributed by atoms with E-state index in [1.165, 1.54) is 32.2 Å². The third-order valence-electron chi connectivity index (χ3n) is 3.63. The fourth-order valence-corrected chi connectivity index (χ4v) is 2.65. The lowest BCUT2D eigenvalue weighted by atomic mass is 9.99. The maximum Gasteiger partial charge on any atom is 0.221 e. The van der Waals surface area contributed by atoms with Crippen molar-refractivity contribution < 1.29 is 19.0 Å². The van der Waals surface area contributed by atoms with Gasteiger partial charge in [0.1, 0.15) is 17.1 Å². The van der Waals surface area contributed by atoms with Gasteiger partial charge in [-0.3, -0.25) is 9.78 Å². The van der Waals surface area contributed by atoms with Crippen molar-refractivity contribution in [3.05, 3.63) is 48.4 Å². The van der Waals surface area contributed by atoms with Gasteiger partial charge in [0, 0.05) is 24.1 Å². The molecule has 6 heteroatoms. The molecular formula is C18H15FN2O3. The zero-order chi connectivity index (χ0) is 17.3. The number of rotatable bonds is 3. The van der Waals surface area contributed by atoms with Gasteiger partial charge in [-0.15, -0.1) is 0 Å². The largest absolute Gasteiger partial charge is 0.507 e. The molecule has 0 aliphatic carbocycles. The van der Waals surface area contributed by atoms with Crippen molar-refractivity contribution in [3.8, 4) is 22.6 Å². The second-order valence-corrected chi connectivity index (χ2v) is 5.24. The number of phenols is 1. The normalized spacial score (nSPS) is 10.6. The number of hydrogen-bond donors (Lipinski definition) is 2. The predicted molar refractivity (Wildman–Crippen MR) is 89.7 cm³/mol. The van der Waals surface area contributed by atoms with Crippen molar-refractivity contribution in [3.63, 3.8) is 0 Å². The minimum absolute atomic E-state index is 0.0335. The first kappa shape index (κ1) is 15.7. The van der Waals surface area contributed by atoms with E-state index in [1.54, 1.807) is 24.4 Å². The molecule has 0 radical (unpaired) electrons. The van der Waals surface area contributed by atoms with Crippen LogP contribution < -0.4 is 10.1 Å². The Morgan fingerprint density at radius 1 is 1.21 bits per heavy atom. The van der Waals surface area contributed by atoms with Crippen molar-refractivity contribution in [2.75, 3.05) is 12.4 Å². The summed E-state index contributed by atoms with van der Waals surface area (Å²) in [7, 11) is 1.48. The molecule has 24 heavy (non-hydrogen) atoms. The lowest BCUT2D eigenvalue weighted by Gasteiger charge is -2.14. The fraction of sp³-hybridized carbons (Fsp3) is 0.111. The molecule has 0 bridgehead atoms. The topological polar surface area (TPSA) is 71.5 Å². The molecule has 2 aromatic carbocycles. The van der Waals surface area contributed by atoms with Gasteiger partial charge in [-0.2, -0.15) is 0 Å². The van der Waals surface area contributed by atoms with Gasteiger partial charge in [-0.25, -0.2) is 4.39 Å². The quantitative estimate of drug-likeness (QED) is 0.769. The molecule has 0 aliphatic heterocycles. The van der Waals surface area contributed by atoms with Crippen LogP contribution in [0.4, 0.5) is 10.1 Å². The van der Waals surface area contributed by atoms with Crippen molar-refractivity contribution >= 4 is 22.5 Å². The van der Waals surface area contributed by atoms with E-state index in [0.29, 0.717) is 33.5 Å². The average Bonchev–Trinajstić information content (AvgIpc) is 2.56. The van der Waals surface area contributed by atoms with Crippen LogP contribution >= 0.6 is 0 Å². The lowest BCUT2D eigenvalue weighted by molar-refractivity contribution is -0.114. The number of fused-ring (bicyclic) bond motifs is 1. The highest BCUT2D eigenvalue weighted by molar-refractivity contribution is 6.03. The summed E-state index contributed by atoms with van der Waals surface area (Å²) in [5.41, 5.74) is 1.97. The fourth-order valence-electron chi connectivity index (χ4n) is 2.65. The van der Waals surface area contributed by atoms with Gasteiger partial charge >= 0.3 is 0 Å². The Morgan fingerprint density at radius 2 is 2.00 bits per heavy atom. The molecular weight excluding hydrogens is 311 g/mol. The molecule has 5 nitrogen and oxygen atoms in total. The van der Waals surface area contributed by atoms with Crippen molar-refractivity contribution in [1.29, 1.82) is 0 Å². The van der Waals surface area contributed by atoms with Crippen molar-refractivity contribution in [1.82, 2.24) is 4.98 Å². The molecule has 0 saturated carbocycles. The SMILES string of the molecule is COc1c(NC(C)=O)ccc2c(-c3cc(F)ccc3O)ccnc12. The van der Waals surface area contributed by atoms with Crippen molar-refractivity contribution in [2.24, 2.45) is 0 Å². The molecule has 0 aliphatic rings. The molecule has 1 aromatic heterocycles. The number of amides is 1. The van der Waals surface area contributed by atoms with Crippen LogP contribution in [0.3, 0.4) is 0 Å². The Bertz CT molecular complexity index is 941. The second kappa shape index (κ2) is 6.16. The van der Waals surface area contributed by atoms with Crippen LogP contribution in [0.15, 0.2) is 42.6 Å². The number of phenolic OH excluding ortho intramolecular Hbond substituents is 1. The number of nitrogens with one attached hydrogen (secondary N) is 1. The molecule has 3 rings (SSSR count). The average molecular weight is 326 g/mol. The molecule has 1 amide bonds. The number of carbonyl (C=O) groups is 1. The van der Waals surface area contributed by atoms with Gasteiger partial charge < -0.3 is 15.2 Å². The van der Waals surface area contributed by atoms with E-state index in [9.17, 15) is 14.3 Å². The third kappa shape index (κ3) is 2.74. The van der Waals surface area contributed by atoms with Gasteiger partial charge in [0.15, 0.2) is 5.75 Å². The van der Waals surface area contributed by atoms with E-state index in [1.807, 2.05) is 0 Å². The summed E-state index contributed by atoms with van der Waals surface area (Å²) in [6.07, 6.45) is 1.54. The number of halogens is 1. The molecule has 0 fully saturated rings. The van der Waals surface area contributed by atoms with E-state index in [-0.39, 0.29) is 11.7 Å². The molecule has 0 saturated heterocycles. The lowest BCUT2D eigenvalue weighted by Crippen LogP contribution is -2.07. The van der Waals surface area contributed by atoms with Gasteiger partial charge in [-0.05, 0) is 42.0 Å². The van der Waals surface area contributed by atoms with E-state index in [2.05, 4.69) is 10.3 Å². The number of aromatic hydroxyl groups is 1. The Labute approximate surface area is 137 Å². The van der Waals surface area contributed by atoms with E-state index in [4.69, 9.17) is 4.74 Å². The van der Waals surface area contributed by atoms with Gasteiger partial charge in [0.25, 0.3) is 0 Å². The number of hydrogen-bond acceptors (Lipinski definition) is 4. The van der Waals surface area contributed by atoms with E-state index >= 15 is 0 Å². The summed E-state index contributed by atoms with van der Waals surface area (Å²) in [5.74, 6) is -0.310. The number of carbonyl (C=O) groups excluding carboxylic acids is 1. The van der Waals surface area contributed by atoms with E-state index in [0.717, 1.165) is 0 Å². The van der Waals surface area contributed by atoms with Crippen LogP contribution in [0, 0.1) is 5.82 Å². The number of ether oxygens (including phenoxy) is 1. The van der Waals surface area contributed by atoms with Crippen molar-refractivity contribution in [2.45, 2.75) is 6.92 Å². The number of nitrogens with zero attached hydrogens (tertiary/aromatic N) is 1. The standard InChI is InChI=1S/C18H15FN2O3/c1-10(22)21-15-5-4-13-12(7-8-20-17(13)18(15)24-2)14-9-11(19)3-6-16(14)23/h3-9,23H,1-2H3,(H,21,22). The number of benzene rings is 2. The first-order chi connectivity index (χ1) is 11.5. The molecule has 3 aromatic rings. The minimum atomic E-state index is -0.449. The second-order valence-electron chi connectivity index (χ2n) is 5.24. The minimum Gasteiger partial charge on any atom is -0.507 e. The Hall–Kier alpha value is -3.15. The summed E-state index contributed by atoms with van der Waals surface area (Å²) in [6.45, 7) is 1.40. The highest BCUT2D eigenvalue weighted by atomic mass is 19.1. The molecule has 1 heterocycles. The Balaban J connectivity index is 2.28. The first-order valence-electron chi connectivity index (χ1n) is 7.23. The summed E-state index contributed by atoms with van der Waals surface area (Å²) in [5, 5.41) is 13.4. The van der Waals surface area contributed by atoms with Gasteiger partial charge in [0.2, 0.25) is 5.91 Å². The highest BCUT2D eigenvalue weighted by Gasteiger charge is 2.15. The molecule has 0 spiro atoms. The van der Waals surface area contributed by atoms with Gasteiger partial charge in [-0.1, -0.05) is 0 Å². The number of anilines is 1. The highest BCUT2D eigenvalue weighted by Crippen LogP contribution is 2.39. The zero-order valence-electron chi connectivity index (χ0n) is 13.1. The summed E-state index contributed by atoms with van der Waals surface area (Å²) >= 11 is 0. The molecule has 0 atom stereocenters. The summed E-state index contributed by atoms with van der Waals surface area (Å²) in [6, 6.07) is 8.88. The third-order valence-corrected chi connectivity index (χ3v) is 3.63. The van der Waals surface area contributed by atoms with Crippen LogP contribution in [0.2, 0.25) is 0 Å². The van der Waals surface area contributed by atoms with E-state index < -0.39 is 5.82 Å². The van der Waals surface area contributed by atoms with Crippen LogP contribution in [-0.4, -0.2) is 23.1 Å². The van der Waals surface area contributed by atoms with Crippen LogP contribution in [0.5, 0.6) is 11.5 Å². The first-order valence-corrected chi connectivity index (χ1v) is 7.23. The smallest absolute Gasteiger partial charge is 0.221 e. The van der Waals surface area contributed by atoms with Crippen LogP contribution in [0.1, 0.15) is 6.92 Å². The summed E-state index contributed by atoms with van der Waals surface area (Å²) < 4.78 is 19.0. The maximum atomic E-state index is 13.6. The summed E-state index contributed by atoms with van der Waals surface area (Å²) in [4.78, 5) is 15.6.